The standard InChI is InChI=1S/C14H20ClO6P/c1-3-4-9-14(22(17,18)19-2)21-13(16)10-20-12-8-6-5-7-11(12)15/h5-8,14H,3-4,9-10H2,1-2H3,(H,17,18). The Morgan fingerprint density at radius 1 is 1.41 bits per heavy atom. The molecule has 0 saturated heterocycles. The summed E-state index contributed by atoms with van der Waals surface area (Å²) in [6.45, 7) is 1.52. The third kappa shape index (κ3) is 5.97. The van der Waals surface area contributed by atoms with Crippen molar-refractivity contribution in [3.63, 3.8) is 0 Å². The van der Waals surface area contributed by atoms with E-state index in [0.717, 1.165) is 13.5 Å². The third-order valence-electron chi connectivity index (χ3n) is 2.88. The van der Waals surface area contributed by atoms with Crippen molar-refractivity contribution in [1.82, 2.24) is 0 Å². The van der Waals surface area contributed by atoms with Crippen LogP contribution in [0.15, 0.2) is 24.3 Å². The molecule has 124 valence electrons. The molecule has 1 aromatic rings. The van der Waals surface area contributed by atoms with Gasteiger partial charge in [-0.1, -0.05) is 37.1 Å². The number of esters is 1. The van der Waals surface area contributed by atoms with Gasteiger partial charge >= 0.3 is 13.6 Å². The van der Waals surface area contributed by atoms with Gasteiger partial charge in [0.2, 0.25) is 5.85 Å². The van der Waals surface area contributed by atoms with Crippen molar-refractivity contribution in [2.75, 3.05) is 13.7 Å². The summed E-state index contributed by atoms with van der Waals surface area (Å²) < 4.78 is 26.7. The molecule has 0 spiro atoms. The van der Waals surface area contributed by atoms with Gasteiger partial charge in [0.15, 0.2) is 6.61 Å². The predicted octanol–water partition coefficient (Wildman–Crippen LogP) is 3.61. The van der Waals surface area contributed by atoms with Gasteiger partial charge in [0.05, 0.1) is 5.02 Å². The van der Waals surface area contributed by atoms with Crippen LogP contribution in [0.3, 0.4) is 0 Å². The number of para-hydroxylation sites is 1. The fourth-order valence-electron chi connectivity index (χ4n) is 1.67. The molecule has 0 aliphatic carbocycles. The second-order valence-corrected chi connectivity index (χ2v) is 7.03. The molecule has 1 rings (SSSR count). The minimum atomic E-state index is -4.00. The number of hydrogen-bond acceptors (Lipinski definition) is 5. The number of hydrogen-bond donors (Lipinski definition) is 1. The Balaban J connectivity index is 2.60. The van der Waals surface area contributed by atoms with Gasteiger partial charge in [-0.15, -0.1) is 0 Å². The molecular weight excluding hydrogens is 331 g/mol. The van der Waals surface area contributed by atoms with E-state index in [4.69, 9.17) is 21.1 Å². The summed E-state index contributed by atoms with van der Waals surface area (Å²) in [5.74, 6) is -1.61. The lowest BCUT2D eigenvalue weighted by Crippen LogP contribution is -2.23. The monoisotopic (exact) mass is 350 g/mol. The van der Waals surface area contributed by atoms with Gasteiger partial charge in [-0.05, 0) is 25.0 Å². The highest BCUT2D eigenvalue weighted by atomic mass is 35.5. The summed E-state index contributed by atoms with van der Waals surface area (Å²) in [6, 6.07) is 6.67. The Morgan fingerprint density at radius 2 is 2.09 bits per heavy atom. The Morgan fingerprint density at radius 3 is 2.68 bits per heavy atom. The molecule has 0 bridgehead atoms. The van der Waals surface area contributed by atoms with E-state index in [-0.39, 0.29) is 6.42 Å². The fourth-order valence-corrected chi connectivity index (χ4v) is 2.85. The van der Waals surface area contributed by atoms with E-state index in [2.05, 4.69) is 4.52 Å². The molecule has 1 N–H and O–H groups in total. The SMILES string of the molecule is CCCCC(OC(=O)COc1ccccc1Cl)P(=O)(O)OC. The van der Waals surface area contributed by atoms with Crippen molar-refractivity contribution < 1.29 is 28.3 Å². The largest absolute Gasteiger partial charge is 0.480 e. The second kappa shape index (κ2) is 9.16. The van der Waals surface area contributed by atoms with Gasteiger partial charge in [0, 0.05) is 7.11 Å². The molecule has 0 radical (unpaired) electrons. The number of carbonyl (C=O) groups is 1. The molecule has 0 saturated carbocycles. The van der Waals surface area contributed by atoms with Crippen LogP contribution in [0.5, 0.6) is 5.75 Å². The maximum absolute atomic E-state index is 11.8. The molecule has 2 unspecified atom stereocenters. The molecule has 0 amide bonds. The highest BCUT2D eigenvalue weighted by molar-refractivity contribution is 7.53. The quantitative estimate of drug-likeness (QED) is 0.541. The van der Waals surface area contributed by atoms with Crippen molar-refractivity contribution in [2.45, 2.75) is 32.0 Å². The molecule has 0 aliphatic heterocycles. The predicted molar refractivity (Wildman–Crippen MR) is 83.2 cm³/mol. The summed E-state index contributed by atoms with van der Waals surface area (Å²) in [4.78, 5) is 21.5. The average molecular weight is 351 g/mol. The van der Waals surface area contributed by atoms with Crippen molar-refractivity contribution in [3.05, 3.63) is 29.3 Å². The van der Waals surface area contributed by atoms with E-state index in [1.807, 2.05) is 6.92 Å². The summed E-state index contributed by atoms with van der Waals surface area (Å²) in [6.07, 6.45) is 1.68. The van der Waals surface area contributed by atoms with Crippen molar-refractivity contribution >= 4 is 25.2 Å². The van der Waals surface area contributed by atoms with Gasteiger partial charge in [0.25, 0.3) is 0 Å². The molecule has 2 atom stereocenters. The maximum Gasteiger partial charge on any atom is 0.368 e. The number of ether oxygens (including phenoxy) is 2. The summed E-state index contributed by atoms with van der Waals surface area (Å²) in [7, 11) is -2.89. The molecule has 0 aliphatic rings. The normalized spacial score (nSPS) is 14.9. The van der Waals surface area contributed by atoms with Crippen LogP contribution in [-0.2, 0) is 18.6 Å². The van der Waals surface area contributed by atoms with Gasteiger partial charge in [-0.25, -0.2) is 4.79 Å². The lowest BCUT2D eigenvalue weighted by Gasteiger charge is -2.21. The van der Waals surface area contributed by atoms with E-state index < -0.39 is 26.0 Å². The minimum Gasteiger partial charge on any atom is -0.480 e. The Hall–Kier alpha value is -1.07. The van der Waals surface area contributed by atoms with Crippen LogP contribution in [0.2, 0.25) is 5.02 Å². The maximum atomic E-state index is 11.8. The first-order valence-corrected chi connectivity index (χ1v) is 8.88. The Bertz CT molecular complexity index is 536. The lowest BCUT2D eigenvalue weighted by atomic mass is 10.3. The molecule has 6 nitrogen and oxygen atoms in total. The zero-order chi connectivity index (χ0) is 16.6. The van der Waals surface area contributed by atoms with Gasteiger partial charge < -0.3 is 18.9 Å². The molecule has 22 heavy (non-hydrogen) atoms. The van der Waals surface area contributed by atoms with Crippen molar-refractivity contribution in [2.24, 2.45) is 0 Å². The molecule has 0 heterocycles. The molecule has 0 fully saturated rings. The zero-order valence-electron chi connectivity index (χ0n) is 12.5. The topological polar surface area (TPSA) is 82.1 Å². The number of carbonyl (C=O) groups excluding carboxylic acids is 1. The molecular formula is C14H20ClO6P. The smallest absolute Gasteiger partial charge is 0.368 e. The van der Waals surface area contributed by atoms with Crippen LogP contribution in [-0.4, -0.2) is 30.4 Å². The molecule has 8 heteroatoms. The number of rotatable bonds is 9. The van der Waals surface area contributed by atoms with Gasteiger partial charge in [-0.2, -0.15) is 0 Å². The first-order valence-electron chi connectivity index (χ1n) is 6.85. The fraction of sp³-hybridized carbons (Fsp3) is 0.500. The number of halogens is 1. The highest BCUT2D eigenvalue weighted by Crippen LogP contribution is 2.49. The second-order valence-electron chi connectivity index (χ2n) is 4.55. The van der Waals surface area contributed by atoms with Crippen LogP contribution in [0, 0.1) is 0 Å². The van der Waals surface area contributed by atoms with Crippen LogP contribution < -0.4 is 4.74 Å². The summed E-state index contributed by atoms with van der Waals surface area (Å²) in [5, 5.41) is 0.363. The Kier molecular flexibility index (Phi) is 7.90. The number of unbranched alkanes of at least 4 members (excludes halogenated alkanes) is 1. The summed E-state index contributed by atoms with van der Waals surface area (Å²) in [5.41, 5.74) is 0. The van der Waals surface area contributed by atoms with Gasteiger partial charge in [-0.3, -0.25) is 4.57 Å². The average Bonchev–Trinajstić information content (AvgIpc) is 2.50. The molecule has 0 aromatic heterocycles. The van der Waals surface area contributed by atoms with E-state index in [9.17, 15) is 14.3 Å². The lowest BCUT2D eigenvalue weighted by molar-refractivity contribution is -0.149. The van der Waals surface area contributed by atoms with E-state index >= 15 is 0 Å². The first-order chi connectivity index (χ1) is 10.4. The number of benzene rings is 1. The van der Waals surface area contributed by atoms with Crippen LogP contribution >= 0.6 is 19.2 Å². The van der Waals surface area contributed by atoms with Crippen LogP contribution in [0.25, 0.3) is 0 Å². The summed E-state index contributed by atoms with van der Waals surface area (Å²) >= 11 is 5.90. The van der Waals surface area contributed by atoms with Crippen LogP contribution in [0.1, 0.15) is 26.2 Å². The van der Waals surface area contributed by atoms with E-state index in [1.165, 1.54) is 0 Å². The van der Waals surface area contributed by atoms with Crippen molar-refractivity contribution in [3.8, 4) is 5.75 Å². The van der Waals surface area contributed by atoms with E-state index in [0.29, 0.717) is 17.2 Å². The third-order valence-corrected chi connectivity index (χ3v) is 4.81. The van der Waals surface area contributed by atoms with E-state index in [1.54, 1.807) is 24.3 Å². The first kappa shape index (κ1) is 19.0. The zero-order valence-corrected chi connectivity index (χ0v) is 14.2. The van der Waals surface area contributed by atoms with Crippen LogP contribution in [0.4, 0.5) is 0 Å². The molecule has 1 aromatic carbocycles. The highest BCUT2D eigenvalue weighted by Gasteiger charge is 2.34. The van der Waals surface area contributed by atoms with Gasteiger partial charge in [0.1, 0.15) is 5.75 Å². The Labute approximate surface area is 134 Å². The minimum absolute atomic E-state index is 0.246. The van der Waals surface area contributed by atoms with Crippen molar-refractivity contribution in [1.29, 1.82) is 0 Å².